The average Bonchev–Trinajstić information content (AvgIpc) is 2.85. The molecule has 0 aliphatic carbocycles. The number of amides is 2. The molecule has 1 aromatic carbocycles. The Labute approximate surface area is 142 Å². The number of nitrogens with zero attached hydrogens (tertiary/aromatic N) is 1. The second kappa shape index (κ2) is 9.05. The molecule has 1 heterocycles. The lowest BCUT2D eigenvalue weighted by Gasteiger charge is -2.19. The van der Waals surface area contributed by atoms with Crippen LogP contribution >= 0.6 is 0 Å². The largest absolute Gasteiger partial charge is 0.462 e. The van der Waals surface area contributed by atoms with Gasteiger partial charge in [0.1, 0.15) is 6.42 Å². The first kappa shape index (κ1) is 18.0. The predicted molar refractivity (Wildman–Crippen MR) is 90.7 cm³/mol. The lowest BCUT2D eigenvalue weighted by Crippen LogP contribution is -2.34. The van der Waals surface area contributed by atoms with E-state index in [0.29, 0.717) is 17.9 Å². The minimum atomic E-state index is -0.397. The summed E-state index contributed by atoms with van der Waals surface area (Å²) in [6.07, 6.45) is 4.14. The molecule has 1 saturated heterocycles. The lowest BCUT2D eigenvalue weighted by atomic mass is 10.2. The monoisotopic (exact) mass is 332 g/mol. The van der Waals surface area contributed by atoms with Crippen LogP contribution in [0.3, 0.4) is 0 Å². The summed E-state index contributed by atoms with van der Waals surface area (Å²) in [5.74, 6) is -0.864. The molecule has 1 aliphatic rings. The van der Waals surface area contributed by atoms with Gasteiger partial charge in [0, 0.05) is 18.8 Å². The fraction of sp³-hybridized carbons (Fsp3) is 0.500. The number of rotatable bonds is 5. The second-order valence-corrected chi connectivity index (χ2v) is 5.82. The first-order valence-corrected chi connectivity index (χ1v) is 8.45. The van der Waals surface area contributed by atoms with Gasteiger partial charge in [0.2, 0.25) is 11.8 Å². The van der Waals surface area contributed by atoms with E-state index in [4.69, 9.17) is 4.74 Å². The zero-order valence-corrected chi connectivity index (χ0v) is 14.0. The number of ether oxygens (including phenoxy) is 1. The number of nitrogens with one attached hydrogen (secondary N) is 1. The van der Waals surface area contributed by atoms with Crippen molar-refractivity contribution in [2.75, 3.05) is 25.0 Å². The van der Waals surface area contributed by atoms with Gasteiger partial charge < -0.3 is 15.0 Å². The third kappa shape index (κ3) is 5.37. The van der Waals surface area contributed by atoms with E-state index in [2.05, 4.69) is 5.32 Å². The summed E-state index contributed by atoms with van der Waals surface area (Å²) < 4.78 is 4.90. The Bertz CT molecular complexity index is 575. The van der Waals surface area contributed by atoms with Crippen LogP contribution in [0.4, 0.5) is 5.69 Å². The molecule has 1 fully saturated rings. The summed E-state index contributed by atoms with van der Waals surface area (Å²) in [4.78, 5) is 37.5. The van der Waals surface area contributed by atoms with Gasteiger partial charge in [0.05, 0.1) is 12.2 Å². The fourth-order valence-electron chi connectivity index (χ4n) is 2.68. The van der Waals surface area contributed by atoms with Gasteiger partial charge in [0.15, 0.2) is 0 Å². The summed E-state index contributed by atoms with van der Waals surface area (Å²) >= 11 is 0. The number of hydrogen-bond donors (Lipinski definition) is 1. The van der Waals surface area contributed by atoms with E-state index in [-0.39, 0.29) is 18.2 Å². The molecule has 0 aromatic heterocycles. The van der Waals surface area contributed by atoms with Crippen LogP contribution in [-0.2, 0) is 14.3 Å². The van der Waals surface area contributed by atoms with Crippen LogP contribution in [-0.4, -0.2) is 42.4 Å². The molecule has 0 saturated carbocycles. The summed E-state index contributed by atoms with van der Waals surface area (Å²) in [7, 11) is 0. The van der Waals surface area contributed by atoms with E-state index >= 15 is 0 Å². The number of carbonyl (C=O) groups is 3. The second-order valence-electron chi connectivity index (χ2n) is 5.82. The zero-order valence-electron chi connectivity index (χ0n) is 14.0. The van der Waals surface area contributed by atoms with Crippen molar-refractivity contribution in [2.45, 2.75) is 39.0 Å². The number of esters is 1. The van der Waals surface area contributed by atoms with Crippen molar-refractivity contribution in [3.05, 3.63) is 29.8 Å². The Morgan fingerprint density at radius 3 is 2.25 bits per heavy atom. The Morgan fingerprint density at radius 2 is 1.67 bits per heavy atom. The number of benzene rings is 1. The van der Waals surface area contributed by atoms with Crippen LogP contribution in [0, 0.1) is 0 Å². The third-order valence-electron chi connectivity index (χ3n) is 3.95. The van der Waals surface area contributed by atoms with E-state index in [9.17, 15) is 14.4 Å². The molecule has 1 aliphatic heterocycles. The normalized spacial score (nSPS) is 14.6. The Balaban J connectivity index is 1.85. The molecule has 0 spiro atoms. The highest BCUT2D eigenvalue weighted by atomic mass is 16.5. The highest BCUT2D eigenvalue weighted by Gasteiger charge is 2.18. The number of likely N-dealkylation sites (tertiary alicyclic amines) is 1. The number of carbonyl (C=O) groups excluding carboxylic acids is 3. The van der Waals surface area contributed by atoms with E-state index in [1.54, 1.807) is 36.1 Å². The van der Waals surface area contributed by atoms with E-state index in [1.165, 1.54) is 0 Å². The molecule has 0 bridgehead atoms. The van der Waals surface area contributed by atoms with Gasteiger partial charge in [0.25, 0.3) is 0 Å². The molecule has 1 aromatic rings. The van der Waals surface area contributed by atoms with Crippen LogP contribution in [0.1, 0.15) is 49.4 Å². The summed E-state index contributed by atoms with van der Waals surface area (Å²) in [6, 6.07) is 6.43. The Hall–Kier alpha value is -2.37. The van der Waals surface area contributed by atoms with Crippen LogP contribution in [0.15, 0.2) is 24.3 Å². The first-order chi connectivity index (χ1) is 11.6. The summed E-state index contributed by atoms with van der Waals surface area (Å²) in [5.41, 5.74) is 0.979. The van der Waals surface area contributed by atoms with Crippen LogP contribution in [0.25, 0.3) is 0 Å². The van der Waals surface area contributed by atoms with Crippen molar-refractivity contribution in [3.8, 4) is 0 Å². The standard InChI is InChI=1S/C18H24N2O4/c1-2-24-18(23)14-7-9-15(10-8-14)19-16(21)13-17(22)20-11-5-3-4-6-12-20/h7-10H,2-6,11-13H2,1H3,(H,19,21). The van der Waals surface area contributed by atoms with Crippen molar-refractivity contribution >= 4 is 23.5 Å². The number of anilines is 1. The molecule has 0 unspecified atom stereocenters. The molecule has 6 nitrogen and oxygen atoms in total. The maximum Gasteiger partial charge on any atom is 0.338 e. The van der Waals surface area contributed by atoms with Crippen molar-refractivity contribution in [2.24, 2.45) is 0 Å². The summed E-state index contributed by atoms with van der Waals surface area (Å²) in [5, 5.41) is 2.69. The maximum atomic E-state index is 12.2. The van der Waals surface area contributed by atoms with Gasteiger partial charge in [-0.05, 0) is 44.0 Å². The van der Waals surface area contributed by atoms with Gasteiger partial charge in [-0.2, -0.15) is 0 Å². The molecule has 0 radical (unpaired) electrons. The number of hydrogen-bond acceptors (Lipinski definition) is 4. The van der Waals surface area contributed by atoms with E-state index in [1.807, 2.05) is 0 Å². The molecule has 2 amide bonds. The molecule has 6 heteroatoms. The zero-order chi connectivity index (χ0) is 17.4. The van der Waals surface area contributed by atoms with Crippen LogP contribution < -0.4 is 5.32 Å². The van der Waals surface area contributed by atoms with Crippen molar-refractivity contribution in [1.82, 2.24) is 4.90 Å². The fourth-order valence-corrected chi connectivity index (χ4v) is 2.68. The molecule has 2 rings (SSSR count). The van der Waals surface area contributed by atoms with Crippen molar-refractivity contribution in [1.29, 1.82) is 0 Å². The molecule has 0 atom stereocenters. The molecular weight excluding hydrogens is 308 g/mol. The van der Waals surface area contributed by atoms with Crippen molar-refractivity contribution < 1.29 is 19.1 Å². The summed E-state index contributed by atoms with van der Waals surface area (Å²) in [6.45, 7) is 3.53. The Morgan fingerprint density at radius 1 is 1.04 bits per heavy atom. The topological polar surface area (TPSA) is 75.7 Å². The smallest absolute Gasteiger partial charge is 0.338 e. The van der Waals surface area contributed by atoms with Gasteiger partial charge in [-0.15, -0.1) is 0 Å². The molecule has 130 valence electrons. The lowest BCUT2D eigenvalue weighted by molar-refractivity contribution is -0.134. The maximum absolute atomic E-state index is 12.2. The minimum absolute atomic E-state index is 0.127. The SMILES string of the molecule is CCOC(=O)c1ccc(NC(=O)CC(=O)N2CCCCCC2)cc1. The highest BCUT2D eigenvalue weighted by Crippen LogP contribution is 2.13. The van der Waals surface area contributed by atoms with Gasteiger partial charge in [-0.25, -0.2) is 4.79 Å². The van der Waals surface area contributed by atoms with E-state index in [0.717, 1.165) is 38.8 Å². The van der Waals surface area contributed by atoms with Crippen molar-refractivity contribution in [3.63, 3.8) is 0 Å². The molecule has 1 N–H and O–H groups in total. The Kier molecular flexibility index (Phi) is 6.78. The highest BCUT2D eigenvalue weighted by molar-refractivity contribution is 6.03. The first-order valence-electron chi connectivity index (χ1n) is 8.45. The van der Waals surface area contributed by atoms with E-state index < -0.39 is 5.97 Å². The molecular formula is C18H24N2O4. The van der Waals surface area contributed by atoms with Crippen LogP contribution in [0.5, 0.6) is 0 Å². The quantitative estimate of drug-likeness (QED) is 0.664. The van der Waals surface area contributed by atoms with Gasteiger partial charge in [-0.3, -0.25) is 9.59 Å². The predicted octanol–water partition coefficient (Wildman–Crippen LogP) is 2.59. The van der Waals surface area contributed by atoms with Gasteiger partial charge >= 0.3 is 5.97 Å². The molecule has 24 heavy (non-hydrogen) atoms. The average molecular weight is 332 g/mol. The van der Waals surface area contributed by atoms with Gasteiger partial charge in [-0.1, -0.05) is 12.8 Å². The minimum Gasteiger partial charge on any atom is -0.462 e. The van der Waals surface area contributed by atoms with Crippen LogP contribution in [0.2, 0.25) is 0 Å². The third-order valence-corrected chi connectivity index (χ3v) is 3.95.